The predicted octanol–water partition coefficient (Wildman–Crippen LogP) is 17.3. The number of unbranched alkanes of at least 4 members (excludes halogenated alkanes) is 37. The van der Waals surface area contributed by atoms with Gasteiger partial charge in [-0.15, -0.1) is 0 Å². The Morgan fingerprint density at radius 1 is 0.302 bits per heavy atom. The largest absolute Gasteiger partial charge is 0.481 e. The zero-order valence-corrected chi connectivity index (χ0v) is 36.3. The van der Waals surface area contributed by atoms with E-state index in [2.05, 4.69) is 13.8 Å². The molecule has 0 amide bonds. The maximum Gasteiger partial charge on any atom is 0.309 e. The molecule has 0 aliphatic carbocycles. The first kappa shape index (κ1) is 51.9. The van der Waals surface area contributed by atoms with E-state index < -0.39 is 17.4 Å². The first-order valence-electron chi connectivity index (χ1n) is 24.4. The fraction of sp³-hybridized carbons (Fsp3) is 0.959. The van der Waals surface area contributed by atoms with Crippen molar-refractivity contribution >= 4 is 11.9 Å². The molecule has 0 aromatic carbocycles. The molecule has 2 N–H and O–H groups in total. The average Bonchev–Trinajstić information content (AvgIpc) is 3.14. The summed E-state index contributed by atoms with van der Waals surface area (Å²) in [6.45, 7) is 4.58. The fourth-order valence-corrected chi connectivity index (χ4v) is 8.52. The van der Waals surface area contributed by atoms with Crippen molar-refractivity contribution in [1.82, 2.24) is 0 Å². The van der Waals surface area contributed by atoms with Gasteiger partial charge in [0.15, 0.2) is 0 Å². The lowest BCUT2D eigenvalue weighted by atomic mass is 9.74. The molecular weight excluding hydrogens is 653 g/mol. The molecule has 0 aliphatic heterocycles. The molecule has 0 saturated carbocycles. The highest BCUT2D eigenvalue weighted by Gasteiger charge is 2.36. The minimum atomic E-state index is -0.729. The van der Waals surface area contributed by atoms with Crippen LogP contribution in [0.15, 0.2) is 0 Å². The van der Waals surface area contributed by atoms with Crippen LogP contribution < -0.4 is 0 Å². The number of aliphatic carboxylic acids is 2. The van der Waals surface area contributed by atoms with E-state index in [1.54, 1.807) is 0 Å². The molecule has 0 saturated heterocycles. The number of carboxylic acids is 2. The smallest absolute Gasteiger partial charge is 0.309 e. The molecule has 0 spiro atoms. The van der Waals surface area contributed by atoms with Gasteiger partial charge < -0.3 is 10.2 Å². The van der Waals surface area contributed by atoms with E-state index in [1.165, 1.54) is 205 Å². The molecule has 0 atom stereocenters. The maximum atomic E-state index is 12.8. The van der Waals surface area contributed by atoms with Gasteiger partial charge in [-0.1, -0.05) is 264 Å². The molecule has 0 heterocycles. The van der Waals surface area contributed by atoms with E-state index in [0.717, 1.165) is 64.2 Å². The Balaban J connectivity index is 4.13. The topological polar surface area (TPSA) is 74.6 Å². The molecule has 4 nitrogen and oxygen atoms in total. The second-order valence-corrected chi connectivity index (χ2v) is 17.4. The first-order chi connectivity index (χ1) is 26.0. The highest BCUT2D eigenvalue weighted by molar-refractivity contribution is 5.74. The summed E-state index contributed by atoms with van der Waals surface area (Å²) in [5, 5.41) is 19.5. The Hall–Kier alpha value is -1.06. The summed E-state index contributed by atoms with van der Waals surface area (Å²) in [6, 6.07) is 0. The van der Waals surface area contributed by atoms with E-state index in [0.29, 0.717) is 6.42 Å². The normalized spacial score (nSPS) is 11.8. The SMILES string of the molecule is CCCCCCCCCCCCCCCCCCCCC(CCCCCCCCCCCCCCCCCCCC)(CCCCCCC(=O)O)C(=O)O. The zero-order chi connectivity index (χ0) is 38.8. The average molecular weight is 749 g/mol. The summed E-state index contributed by atoms with van der Waals surface area (Å²) in [6.07, 6.45) is 54.8. The molecular formula is C49H96O4. The first-order valence-corrected chi connectivity index (χ1v) is 24.4. The van der Waals surface area contributed by atoms with Crippen molar-refractivity contribution in [3.8, 4) is 0 Å². The van der Waals surface area contributed by atoms with E-state index in [-0.39, 0.29) is 6.42 Å². The molecule has 0 fully saturated rings. The molecule has 0 unspecified atom stereocenters. The fourth-order valence-electron chi connectivity index (χ4n) is 8.52. The summed E-state index contributed by atoms with van der Waals surface area (Å²) >= 11 is 0. The third-order valence-electron chi connectivity index (χ3n) is 12.3. The van der Waals surface area contributed by atoms with Gasteiger partial charge >= 0.3 is 11.9 Å². The van der Waals surface area contributed by atoms with Gasteiger partial charge in [0.2, 0.25) is 0 Å². The molecule has 316 valence electrons. The number of hydrogen-bond acceptors (Lipinski definition) is 2. The molecule has 0 aromatic rings. The van der Waals surface area contributed by atoms with Gasteiger partial charge in [-0.3, -0.25) is 9.59 Å². The number of carboxylic acid groups (broad SMARTS) is 2. The standard InChI is InChI=1S/C49H96O4/c1-3-5-7-9-11-13-15-17-19-21-23-25-27-29-31-33-36-40-44-49(48(52)53,46-42-38-35-39-43-47(50)51)45-41-37-34-32-30-28-26-24-22-20-18-16-14-12-10-8-6-4-2/h3-46H2,1-2H3,(H,50,51)(H,52,53). The van der Waals surface area contributed by atoms with Crippen molar-refractivity contribution in [3.63, 3.8) is 0 Å². The van der Waals surface area contributed by atoms with Gasteiger partial charge in [0, 0.05) is 6.42 Å². The van der Waals surface area contributed by atoms with Gasteiger partial charge in [-0.25, -0.2) is 0 Å². The van der Waals surface area contributed by atoms with Crippen LogP contribution in [0.3, 0.4) is 0 Å². The summed E-state index contributed by atoms with van der Waals surface area (Å²) in [7, 11) is 0. The van der Waals surface area contributed by atoms with Crippen molar-refractivity contribution in [2.75, 3.05) is 0 Å². The van der Waals surface area contributed by atoms with Crippen LogP contribution in [0.2, 0.25) is 0 Å². The minimum Gasteiger partial charge on any atom is -0.481 e. The molecule has 53 heavy (non-hydrogen) atoms. The second kappa shape index (κ2) is 42.1. The van der Waals surface area contributed by atoms with Crippen molar-refractivity contribution in [1.29, 1.82) is 0 Å². The Morgan fingerprint density at radius 2 is 0.491 bits per heavy atom. The highest BCUT2D eigenvalue weighted by Crippen LogP contribution is 2.38. The molecule has 0 radical (unpaired) electrons. The Morgan fingerprint density at radius 3 is 0.679 bits per heavy atom. The third kappa shape index (κ3) is 37.6. The highest BCUT2D eigenvalue weighted by atomic mass is 16.4. The van der Waals surface area contributed by atoms with E-state index in [1.807, 2.05) is 0 Å². The molecule has 0 aromatic heterocycles. The Labute approximate surface area is 332 Å². The van der Waals surface area contributed by atoms with Crippen molar-refractivity contribution in [2.24, 2.45) is 5.41 Å². The predicted molar refractivity (Wildman–Crippen MR) is 232 cm³/mol. The quantitative estimate of drug-likeness (QED) is 0.0608. The van der Waals surface area contributed by atoms with Crippen molar-refractivity contribution in [3.05, 3.63) is 0 Å². The van der Waals surface area contributed by atoms with Crippen molar-refractivity contribution < 1.29 is 19.8 Å². The molecule has 0 aliphatic rings. The van der Waals surface area contributed by atoms with E-state index >= 15 is 0 Å². The number of rotatable bonds is 46. The monoisotopic (exact) mass is 749 g/mol. The van der Waals surface area contributed by atoms with Crippen LogP contribution in [0.25, 0.3) is 0 Å². The van der Waals surface area contributed by atoms with Gasteiger partial charge in [0.25, 0.3) is 0 Å². The Kier molecular flexibility index (Phi) is 41.2. The van der Waals surface area contributed by atoms with Crippen molar-refractivity contribution in [2.45, 2.75) is 296 Å². The van der Waals surface area contributed by atoms with Crippen LogP contribution in [-0.4, -0.2) is 22.2 Å². The van der Waals surface area contributed by atoms with Crippen LogP contribution in [-0.2, 0) is 9.59 Å². The molecule has 4 heteroatoms. The minimum absolute atomic E-state index is 0.225. The second-order valence-electron chi connectivity index (χ2n) is 17.4. The zero-order valence-electron chi connectivity index (χ0n) is 36.3. The van der Waals surface area contributed by atoms with Crippen LogP contribution in [0.1, 0.15) is 296 Å². The summed E-state index contributed by atoms with van der Waals surface area (Å²) in [5.74, 6) is -1.31. The van der Waals surface area contributed by atoms with Crippen LogP contribution in [0, 0.1) is 5.41 Å². The van der Waals surface area contributed by atoms with Gasteiger partial charge in [-0.2, -0.15) is 0 Å². The summed E-state index contributed by atoms with van der Waals surface area (Å²) in [5.41, 5.74) is -0.586. The lowest BCUT2D eigenvalue weighted by Gasteiger charge is -2.30. The summed E-state index contributed by atoms with van der Waals surface area (Å²) in [4.78, 5) is 23.7. The number of carbonyl (C=O) groups is 2. The Bertz CT molecular complexity index is 709. The van der Waals surface area contributed by atoms with Crippen LogP contribution in [0.5, 0.6) is 0 Å². The van der Waals surface area contributed by atoms with Crippen LogP contribution >= 0.6 is 0 Å². The van der Waals surface area contributed by atoms with Gasteiger partial charge in [0.1, 0.15) is 0 Å². The maximum absolute atomic E-state index is 12.8. The lowest BCUT2D eigenvalue weighted by Crippen LogP contribution is -2.31. The van der Waals surface area contributed by atoms with Crippen LogP contribution in [0.4, 0.5) is 0 Å². The van der Waals surface area contributed by atoms with Gasteiger partial charge in [-0.05, 0) is 25.7 Å². The molecule has 0 bridgehead atoms. The summed E-state index contributed by atoms with van der Waals surface area (Å²) < 4.78 is 0. The number of hydrogen-bond donors (Lipinski definition) is 2. The van der Waals surface area contributed by atoms with E-state index in [9.17, 15) is 14.7 Å². The third-order valence-corrected chi connectivity index (χ3v) is 12.3. The lowest BCUT2D eigenvalue weighted by molar-refractivity contribution is -0.150. The van der Waals surface area contributed by atoms with E-state index in [4.69, 9.17) is 5.11 Å². The van der Waals surface area contributed by atoms with Gasteiger partial charge in [0.05, 0.1) is 5.41 Å². The molecule has 0 rings (SSSR count).